The van der Waals surface area contributed by atoms with Crippen molar-refractivity contribution in [3.05, 3.63) is 71.5 Å². The molecule has 29 heavy (non-hydrogen) atoms. The van der Waals surface area contributed by atoms with Crippen LogP contribution >= 0.6 is 0 Å². The van der Waals surface area contributed by atoms with Crippen LogP contribution in [0.15, 0.2) is 48.5 Å². The molecule has 3 rings (SSSR count). The Bertz CT molecular complexity index is 1060. The fourth-order valence-corrected chi connectivity index (χ4v) is 2.98. The molecule has 0 fully saturated rings. The van der Waals surface area contributed by atoms with Gasteiger partial charge < -0.3 is 10.1 Å². The zero-order chi connectivity index (χ0) is 21.1. The summed E-state index contributed by atoms with van der Waals surface area (Å²) in [5.74, 6) is -4.09. The minimum Gasteiger partial charge on any atom is -0.497 e. The number of anilines is 1. The van der Waals surface area contributed by atoms with E-state index < -0.39 is 35.1 Å². The van der Waals surface area contributed by atoms with Crippen molar-refractivity contribution in [2.24, 2.45) is 0 Å². The first-order valence-corrected chi connectivity index (χ1v) is 9.01. The summed E-state index contributed by atoms with van der Waals surface area (Å²) in [6.07, 6.45) is 0. The Morgan fingerprint density at radius 3 is 2.45 bits per heavy atom. The maximum Gasteiger partial charge on any atom is 0.241 e. The zero-order valence-corrected chi connectivity index (χ0v) is 16.3. The number of benzene rings is 3. The third kappa shape index (κ3) is 4.51. The molecule has 4 nitrogen and oxygen atoms in total. The van der Waals surface area contributed by atoms with Gasteiger partial charge in [-0.25, -0.2) is 13.2 Å². The third-order valence-electron chi connectivity index (χ3n) is 4.88. The van der Waals surface area contributed by atoms with Crippen LogP contribution in [0, 0.1) is 17.5 Å². The van der Waals surface area contributed by atoms with Gasteiger partial charge in [0.25, 0.3) is 0 Å². The molecule has 0 aliphatic rings. The van der Waals surface area contributed by atoms with Gasteiger partial charge in [-0.3, -0.25) is 9.69 Å². The maximum atomic E-state index is 13.8. The lowest BCUT2D eigenvalue weighted by Gasteiger charge is -2.24. The van der Waals surface area contributed by atoms with Crippen molar-refractivity contribution in [1.29, 1.82) is 0 Å². The lowest BCUT2D eigenvalue weighted by Crippen LogP contribution is -2.39. The Morgan fingerprint density at radius 1 is 1.03 bits per heavy atom. The Balaban J connectivity index is 1.69. The second-order valence-electron chi connectivity index (χ2n) is 6.85. The Kier molecular flexibility index (Phi) is 6.08. The molecular weight excluding hydrogens is 381 g/mol. The molecule has 152 valence electrons. The number of hydrogen-bond donors (Lipinski definition) is 1. The zero-order valence-electron chi connectivity index (χ0n) is 16.3. The molecule has 0 radical (unpaired) electrons. The molecule has 0 aliphatic carbocycles. The standard InChI is InChI=1S/C22H21F3N2O2/c1-13(22(28)26-19-9-8-18(23)20(24)21(19)25)27(2)12-14-4-5-16-11-17(29-3)7-6-15(16)10-14/h4-11,13H,12H2,1-3H3,(H,26,28)/t13-/m1/s1. The van der Waals surface area contributed by atoms with E-state index in [1.165, 1.54) is 0 Å². The van der Waals surface area contributed by atoms with Gasteiger partial charge >= 0.3 is 0 Å². The molecule has 0 unspecified atom stereocenters. The minimum atomic E-state index is -1.61. The molecule has 0 aromatic heterocycles. The topological polar surface area (TPSA) is 41.6 Å². The van der Waals surface area contributed by atoms with Gasteiger partial charge in [-0.2, -0.15) is 0 Å². The average Bonchev–Trinajstić information content (AvgIpc) is 2.73. The van der Waals surface area contributed by atoms with Crippen LogP contribution in [-0.2, 0) is 11.3 Å². The molecule has 1 N–H and O–H groups in total. The Hall–Kier alpha value is -3.06. The van der Waals surface area contributed by atoms with Crippen molar-refractivity contribution >= 4 is 22.4 Å². The van der Waals surface area contributed by atoms with Gasteiger partial charge in [-0.05, 0) is 60.6 Å². The highest BCUT2D eigenvalue weighted by Crippen LogP contribution is 2.23. The second-order valence-corrected chi connectivity index (χ2v) is 6.85. The molecule has 3 aromatic rings. The normalized spacial score (nSPS) is 12.2. The van der Waals surface area contributed by atoms with Gasteiger partial charge in [0.05, 0.1) is 18.8 Å². The Labute approximate surface area is 166 Å². The van der Waals surface area contributed by atoms with E-state index in [1.54, 1.807) is 26.0 Å². The summed E-state index contributed by atoms with van der Waals surface area (Å²) >= 11 is 0. The van der Waals surface area contributed by atoms with Crippen LogP contribution in [-0.4, -0.2) is 31.0 Å². The van der Waals surface area contributed by atoms with Crippen LogP contribution in [0.5, 0.6) is 5.75 Å². The summed E-state index contributed by atoms with van der Waals surface area (Å²) in [6, 6.07) is 12.9. The van der Waals surface area contributed by atoms with Crippen LogP contribution in [0.2, 0.25) is 0 Å². The molecule has 0 saturated carbocycles. The number of halogens is 3. The largest absolute Gasteiger partial charge is 0.497 e. The number of ether oxygens (including phenoxy) is 1. The molecular formula is C22H21F3N2O2. The first-order chi connectivity index (χ1) is 13.8. The number of nitrogens with one attached hydrogen (secondary N) is 1. The van der Waals surface area contributed by atoms with E-state index in [0.29, 0.717) is 6.54 Å². The van der Waals surface area contributed by atoms with Crippen molar-refractivity contribution in [2.75, 3.05) is 19.5 Å². The third-order valence-corrected chi connectivity index (χ3v) is 4.88. The molecule has 0 saturated heterocycles. The van der Waals surface area contributed by atoms with Crippen molar-refractivity contribution < 1.29 is 22.7 Å². The molecule has 0 spiro atoms. The SMILES string of the molecule is COc1ccc2cc(CN(C)[C@H](C)C(=O)Nc3ccc(F)c(F)c3F)ccc2c1. The highest BCUT2D eigenvalue weighted by Gasteiger charge is 2.21. The van der Waals surface area contributed by atoms with Gasteiger partial charge in [0.1, 0.15) is 5.75 Å². The Morgan fingerprint density at radius 2 is 1.72 bits per heavy atom. The van der Waals surface area contributed by atoms with Gasteiger partial charge in [0.2, 0.25) is 5.91 Å². The van der Waals surface area contributed by atoms with E-state index in [4.69, 9.17) is 4.74 Å². The predicted octanol–water partition coefficient (Wildman–Crippen LogP) is 4.72. The highest BCUT2D eigenvalue weighted by atomic mass is 19.2. The van der Waals surface area contributed by atoms with Crippen molar-refractivity contribution in [2.45, 2.75) is 19.5 Å². The first-order valence-electron chi connectivity index (χ1n) is 9.01. The molecule has 0 aliphatic heterocycles. The summed E-state index contributed by atoms with van der Waals surface area (Å²) in [6.45, 7) is 2.12. The molecule has 3 aromatic carbocycles. The number of carbonyl (C=O) groups is 1. The maximum absolute atomic E-state index is 13.8. The fourth-order valence-electron chi connectivity index (χ4n) is 2.98. The fraction of sp³-hybridized carbons (Fsp3) is 0.227. The number of methoxy groups -OCH3 is 1. The van der Waals surface area contributed by atoms with Crippen molar-refractivity contribution in [3.63, 3.8) is 0 Å². The monoisotopic (exact) mass is 402 g/mol. The summed E-state index contributed by atoms with van der Waals surface area (Å²) in [4.78, 5) is 14.2. The lowest BCUT2D eigenvalue weighted by atomic mass is 10.1. The summed E-state index contributed by atoms with van der Waals surface area (Å²) in [5, 5.41) is 4.39. The first kappa shape index (κ1) is 20.7. The quantitative estimate of drug-likeness (QED) is 0.607. The van der Waals surface area contributed by atoms with Gasteiger partial charge in [-0.15, -0.1) is 0 Å². The number of nitrogens with zero attached hydrogens (tertiary/aromatic N) is 1. The minimum absolute atomic E-state index is 0.395. The summed E-state index contributed by atoms with van der Waals surface area (Å²) in [7, 11) is 3.37. The van der Waals surface area contributed by atoms with E-state index in [0.717, 1.165) is 34.2 Å². The second kappa shape index (κ2) is 8.53. The van der Waals surface area contributed by atoms with Crippen LogP contribution in [0.4, 0.5) is 18.9 Å². The van der Waals surface area contributed by atoms with Crippen LogP contribution in [0.25, 0.3) is 10.8 Å². The van der Waals surface area contributed by atoms with E-state index >= 15 is 0 Å². The lowest BCUT2D eigenvalue weighted by molar-refractivity contribution is -0.120. The van der Waals surface area contributed by atoms with Crippen molar-refractivity contribution in [3.8, 4) is 5.75 Å². The van der Waals surface area contributed by atoms with E-state index in [1.807, 2.05) is 36.4 Å². The van der Waals surface area contributed by atoms with Crippen molar-refractivity contribution in [1.82, 2.24) is 4.90 Å². The van der Waals surface area contributed by atoms with Crippen LogP contribution < -0.4 is 10.1 Å². The average molecular weight is 402 g/mol. The van der Waals surface area contributed by atoms with E-state index in [-0.39, 0.29) is 0 Å². The highest BCUT2D eigenvalue weighted by molar-refractivity contribution is 5.94. The number of carbonyl (C=O) groups excluding carboxylic acids is 1. The molecule has 0 bridgehead atoms. The number of amides is 1. The predicted molar refractivity (Wildman–Crippen MR) is 106 cm³/mol. The molecule has 7 heteroatoms. The summed E-state index contributed by atoms with van der Waals surface area (Å²) < 4.78 is 45.4. The van der Waals surface area contributed by atoms with Gasteiger partial charge in [0.15, 0.2) is 17.5 Å². The number of likely N-dealkylation sites (N-methyl/N-ethyl adjacent to an activating group) is 1. The van der Waals surface area contributed by atoms with Crippen LogP contribution in [0.1, 0.15) is 12.5 Å². The molecule has 0 heterocycles. The van der Waals surface area contributed by atoms with Crippen LogP contribution in [0.3, 0.4) is 0 Å². The van der Waals surface area contributed by atoms with E-state index in [2.05, 4.69) is 5.32 Å². The summed E-state index contributed by atoms with van der Waals surface area (Å²) in [5.41, 5.74) is 0.595. The number of hydrogen-bond acceptors (Lipinski definition) is 3. The smallest absolute Gasteiger partial charge is 0.241 e. The van der Waals surface area contributed by atoms with E-state index in [9.17, 15) is 18.0 Å². The molecule has 1 atom stereocenters. The van der Waals surface area contributed by atoms with Gasteiger partial charge in [0, 0.05) is 6.54 Å². The number of fused-ring (bicyclic) bond motifs is 1. The molecule has 1 amide bonds. The number of rotatable bonds is 6. The van der Waals surface area contributed by atoms with Gasteiger partial charge in [-0.1, -0.05) is 18.2 Å².